The molecule has 4 rings (SSSR count). The Balaban J connectivity index is 1.33. The van der Waals surface area contributed by atoms with E-state index in [0.29, 0.717) is 35.7 Å². The standard InChI is InChI=1S/C20H22ClN3O3/c21-14-5-3-13(4-6-14)17-12-22-18(27-17)9-10-19(25)24-11-1-2-16(24)20(26)23-15-7-8-15/h3-6,12,15-16H,1-2,7-11H2,(H,23,26). The highest BCUT2D eigenvalue weighted by molar-refractivity contribution is 6.30. The van der Waals surface area contributed by atoms with Crippen LogP contribution in [0.4, 0.5) is 0 Å². The lowest BCUT2D eigenvalue weighted by Crippen LogP contribution is -2.46. The Kier molecular flexibility index (Phi) is 5.16. The smallest absolute Gasteiger partial charge is 0.243 e. The van der Waals surface area contributed by atoms with Gasteiger partial charge < -0.3 is 14.6 Å². The van der Waals surface area contributed by atoms with Crippen LogP contribution in [0.25, 0.3) is 11.3 Å². The molecule has 0 radical (unpaired) electrons. The fourth-order valence-corrected chi connectivity index (χ4v) is 3.52. The van der Waals surface area contributed by atoms with Crippen molar-refractivity contribution >= 4 is 23.4 Å². The molecule has 1 aromatic heterocycles. The van der Waals surface area contributed by atoms with Gasteiger partial charge in [0.25, 0.3) is 0 Å². The zero-order valence-electron chi connectivity index (χ0n) is 15.0. The average molecular weight is 388 g/mol. The molecule has 0 spiro atoms. The van der Waals surface area contributed by atoms with E-state index in [9.17, 15) is 9.59 Å². The van der Waals surface area contributed by atoms with Gasteiger partial charge in [0.1, 0.15) is 6.04 Å². The van der Waals surface area contributed by atoms with E-state index in [1.54, 1.807) is 23.2 Å². The predicted molar refractivity (Wildman–Crippen MR) is 101 cm³/mol. The first-order valence-electron chi connectivity index (χ1n) is 9.40. The first-order chi connectivity index (χ1) is 13.1. The van der Waals surface area contributed by atoms with Crippen LogP contribution in [0, 0.1) is 0 Å². The van der Waals surface area contributed by atoms with Crippen molar-refractivity contribution in [2.75, 3.05) is 6.54 Å². The van der Waals surface area contributed by atoms with Crippen molar-refractivity contribution in [2.45, 2.75) is 50.6 Å². The van der Waals surface area contributed by atoms with Crippen LogP contribution >= 0.6 is 11.6 Å². The molecule has 27 heavy (non-hydrogen) atoms. The Hall–Kier alpha value is -2.34. The Morgan fingerprint density at radius 2 is 2.00 bits per heavy atom. The SMILES string of the molecule is O=C(NC1CC1)C1CCCN1C(=O)CCc1ncc(-c2ccc(Cl)cc2)o1. The summed E-state index contributed by atoms with van der Waals surface area (Å²) in [4.78, 5) is 30.9. The Morgan fingerprint density at radius 3 is 2.74 bits per heavy atom. The molecule has 1 saturated carbocycles. The molecular weight excluding hydrogens is 366 g/mol. The number of aryl methyl sites for hydroxylation is 1. The molecule has 0 bridgehead atoms. The van der Waals surface area contributed by atoms with E-state index in [1.807, 2.05) is 12.1 Å². The number of benzene rings is 1. The third-order valence-electron chi connectivity index (χ3n) is 5.03. The van der Waals surface area contributed by atoms with Gasteiger partial charge in [-0.05, 0) is 49.9 Å². The van der Waals surface area contributed by atoms with Crippen LogP contribution in [0.2, 0.25) is 5.02 Å². The van der Waals surface area contributed by atoms with Crippen LogP contribution in [0.1, 0.15) is 38.0 Å². The largest absolute Gasteiger partial charge is 0.441 e. The minimum Gasteiger partial charge on any atom is -0.441 e. The predicted octanol–water partition coefficient (Wildman–Crippen LogP) is 3.20. The Labute approximate surface area is 162 Å². The molecule has 1 aliphatic carbocycles. The van der Waals surface area contributed by atoms with Gasteiger partial charge in [-0.2, -0.15) is 0 Å². The maximum atomic E-state index is 12.6. The van der Waals surface area contributed by atoms with Gasteiger partial charge in [-0.15, -0.1) is 0 Å². The van der Waals surface area contributed by atoms with E-state index in [4.69, 9.17) is 16.0 Å². The fourth-order valence-electron chi connectivity index (χ4n) is 3.39. The number of carbonyl (C=O) groups is 2. The third-order valence-corrected chi connectivity index (χ3v) is 5.29. The summed E-state index contributed by atoms with van der Waals surface area (Å²) in [6, 6.07) is 7.31. The summed E-state index contributed by atoms with van der Waals surface area (Å²) in [5.74, 6) is 1.14. The summed E-state index contributed by atoms with van der Waals surface area (Å²) in [5, 5.41) is 3.67. The van der Waals surface area contributed by atoms with Crippen molar-refractivity contribution in [3.05, 3.63) is 41.4 Å². The molecule has 7 heteroatoms. The lowest BCUT2D eigenvalue weighted by atomic mass is 10.2. The quantitative estimate of drug-likeness (QED) is 0.825. The molecule has 142 valence electrons. The van der Waals surface area contributed by atoms with Gasteiger partial charge in [0.15, 0.2) is 11.7 Å². The molecule has 6 nitrogen and oxygen atoms in total. The molecule has 1 unspecified atom stereocenters. The highest BCUT2D eigenvalue weighted by Gasteiger charge is 2.36. The third kappa shape index (κ3) is 4.33. The van der Waals surface area contributed by atoms with Crippen LogP contribution in [0.3, 0.4) is 0 Å². The monoisotopic (exact) mass is 387 g/mol. The van der Waals surface area contributed by atoms with Gasteiger partial charge in [0.05, 0.1) is 6.20 Å². The van der Waals surface area contributed by atoms with Gasteiger partial charge in [0.2, 0.25) is 11.8 Å². The van der Waals surface area contributed by atoms with Crippen LogP contribution in [0.5, 0.6) is 0 Å². The molecule has 2 amide bonds. The van der Waals surface area contributed by atoms with Crippen molar-refractivity contribution < 1.29 is 14.0 Å². The zero-order valence-corrected chi connectivity index (χ0v) is 15.7. The number of hydrogen-bond donors (Lipinski definition) is 1. The second-order valence-electron chi connectivity index (χ2n) is 7.15. The van der Waals surface area contributed by atoms with E-state index in [-0.39, 0.29) is 24.3 Å². The summed E-state index contributed by atoms with van der Waals surface area (Å²) in [6.45, 7) is 0.642. The van der Waals surface area contributed by atoms with Crippen LogP contribution in [-0.2, 0) is 16.0 Å². The number of nitrogens with one attached hydrogen (secondary N) is 1. The Bertz CT molecular complexity index is 829. The number of carbonyl (C=O) groups excluding carboxylic acids is 2. The van der Waals surface area contributed by atoms with Crippen molar-refractivity contribution in [3.8, 4) is 11.3 Å². The maximum absolute atomic E-state index is 12.6. The maximum Gasteiger partial charge on any atom is 0.243 e. The van der Waals surface area contributed by atoms with Gasteiger partial charge in [0, 0.05) is 36.0 Å². The first kappa shape index (κ1) is 18.0. The number of amides is 2. The molecule has 1 atom stereocenters. The van der Waals surface area contributed by atoms with E-state index in [1.165, 1.54) is 0 Å². The van der Waals surface area contributed by atoms with Crippen LogP contribution in [-0.4, -0.2) is 40.3 Å². The van der Waals surface area contributed by atoms with E-state index in [0.717, 1.165) is 31.2 Å². The number of nitrogens with zero attached hydrogens (tertiary/aromatic N) is 2. The summed E-state index contributed by atoms with van der Waals surface area (Å²) in [6.07, 6.45) is 6.07. The average Bonchev–Trinajstić information content (AvgIpc) is 3.16. The van der Waals surface area contributed by atoms with E-state index >= 15 is 0 Å². The van der Waals surface area contributed by atoms with Crippen LogP contribution < -0.4 is 5.32 Å². The second kappa shape index (κ2) is 7.72. The molecule has 1 saturated heterocycles. The van der Waals surface area contributed by atoms with Gasteiger partial charge in [-0.1, -0.05) is 11.6 Å². The number of aromatic nitrogens is 1. The number of halogens is 1. The summed E-state index contributed by atoms with van der Waals surface area (Å²) in [5.41, 5.74) is 0.890. The number of hydrogen-bond acceptors (Lipinski definition) is 4. The van der Waals surface area contributed by atoms with Gasteiger partial charge >= 0.3 is 0 Å². The number of oxazole rings is 1. The number of likely N-dealkylation sites (tertiary alicyclic amines) is 1. The van der Waals surface area contributed by atoms with E-state index < -0.39 is 0 Å². The van der Waals surface area contributed by atoms with Crippen LogP contribution in [0.15, 0.2) is 34.9 Å². The highest BCUT2D eigenvalue weighted by Crippen LogP contribution is 2.25. The molecular formula is C20H22ClN3O3. The topological polar surface area (TPSA) is 75.4 Å². The lowest BCUT2D eigenvalue weighted by molar-refractivity contribution is -0.138. The molecule has 1 aromatic carbocycles. The van der Waals surface area contributed by atoms with Crippen molar-refractivity contribution in [3.63, 3.8) is 0 Å². The minimum absolute atomic E-state index is 0.00972. The molecule has 2 heterocycles. The highest BCUT2D eigenvalue weighted by atomic mass is 35.5. The molecule has 1 N–H and O–H groups in total. The van der Waals surface area contributed by atoms with Gasteiger partial charge in [-0.3, -0.25) is 9.59 Å². The Morgan fingerprint density at radius 1 is 1.22 bits per heavy atom. The lowest BCUT2D eigenvalue weighted by Gasteiger charge is -2.23. The van der Waals surface area contributed by atoms with Gasteiger partial charge in [-0.25, -0.2) is 4.98 Å². The minimum atomic E-state index is -0.327. The summed E-state index contributed by atoms with van der Waals surface area (Å²) < 4.78 is 5.75. The number of rotatable bonds is 6. The molecule has 2 fully saturated rings. The second-order valence-corrected chi connectivity index (χ2v) is 7.59. The fraction of sp³-hybridized carbons (Fsp3) is 0.450. The molecule has 2 aromatic rings. The van der Waals surface area contributed by atoms with E-state index in [2.05, 4.69) is 10.3 Å². The first-order valence-corrected chi connectivity index (χ1v) is 9.78. The zero-order chi connectivity index (χ0) is 18.8. The van der Waals surface area contributed by atoms with Crippen molar-refractivity contribution in [2.24, 2.45) is 0 Å². The normalized spacial score (nSPS) is 19.3. The van der Waals surface area contributed by atoms with Crippen molar-refractivity contribution in [1.82, 2.24) is 15.2 Å². The van der Waals surface area contributed by atoms with Crippen molar-refractivity contribution in [1.29, 1.82) is 0 Å². The summed E-state index contributed by atoms with van der Waals surface area (Å²) >= 11 is 5.90. The molecule has 1 aliphatic heterocycles. The summed E-state index contributed by atoms with van der Waals surface area (Å²) in [7, 11) is 0. The molecule has 2 aliphatic rings.